The van der Waals surface area contributed by atoms with Gasteiger partial charge in [0.2, 0.25) is 0 Å². The van der Waals surface area contributed by atoms with Crippen molar-refractivity contribution in [1.29, 1.82) is 0 Å². The van der Waals surface area contributed by atoms with E-state index in [9.17, 15) is 10.2 Å². The highest BCUT2D eigenvalue weighted by Crippen LogP contribution is 2.13. The van der Waals surface area contributed by atoms with E-state index in [0.29, 0.717) is 0 Å². The molecule has 0 bridgehead atoms. The number of unbranched alkanes of at least 4 members (excludes halogenated alkanes) is 12. The first kappa shape index (κ1) is 21.9. The van der Waals surface area contributed by atoms with Crippen molar-refractivity contribution in [2.24, 2.45) is 0 Å². The molecule has 0 spiro atoms. The largest absolute Gasteiger partial charge is 0.379 e. The molecule has 0 rings (SSSR count). The van der Waals surface area contributed by atoms with E-state index in [-0.39, 0.29) is 0 Å². The van der Waals surface area contributed by atoms with Crippen molar-refractivity contribution < 1.29 is 10.2 Å². The van der Waals surface area contributed by atoms with Gasteiger partial charge in [-0.2, -0.15) is 0 Å². The van der Waals surface area contributed by atoms with Crippen LogP contribution >= 0.6 is 0 Å². The highest BCUT2D eigenvalue weighted by Gasteiger charge is 2.14. The monoisotopic (exact) mass is 315 g/mol. The minimum Gasteiger partial charge on any atom is -0.379 e. The molecule has 0 heterocycles. The summed E-state index contributed by atoms with van der Waals surface area (Å²) in [6.45, 7) is 6.49. The fourth-order valence-electron chi connectivity index (χ4n) is 3.00. The van der Waals surface area contributed by atoms with Crippen LogP contribution in [0, 0.1) is 0 Å². The Balaban J connectivity index is 3.23. The summed E-state index contributed by atoms with van der Waals surface area (Å²) in [5.74, 6) is 0. The predicted octanol–water partition coefficient (Wildman–Crippen LogP) is 5.06. The Bertz CT molecular complexity index is 211. The summed E-state index contributed by atoms with van der Waals surface area (Å²) < 4.78 is 0. The molecule has 2 atom stereocenters. The van der Waals surface area contributed by atoms with Crippen LogP contribution in [-0.4, -0.2) is 34.1 Å². The molecule has 0 aliphatic heterocycles. The van der Waals surface area contributed by atoms with E-state index in [2.05, 4.69) is 6.92 Å². The Labute approximate surface area is 139 Å². The van der Waals surface area contributed by atoms with E-state index in [1.54, 1.807) is 18.7 Å². The van der Waals surface area contributed by atoms with E-state index < -0.39 is 12.5 Å². The maximum absolute atomic E-state index is 9.54. The quantitative estimate of drug-likeness (QED) is 0.309. The van der Waals surface area contributed by atoms with Gasteiger partial charge in [-0.05, 0) is 20.3 Å². The average Bonchev–Trinajstić information content (AvgIpc) is 2.46. The Morgan fingerprint density at radius 2 is 0.909 bits per heavy atom. The molecule has 3 nitrogen and oxygen atoms in total. The second kappa shape index (κ2) is 15.8. The summed E-state index contributed by atoms with van der Waals surface area (Å²) in [5.41, 5.74) is 0. The minimum absolute atomic E-state index is 0.558. The number of aliphatic hydroxyl groups is 2. The predicted molar refractivity (Wildman–Crippen MR) is 95.8 cm³/mol. The van der Waals surface area contributed by atoms with Gasteiger partial charge in [0.1, 0.15) is 12.5 Å². The summed E-state index contributed by atoms with van der Waals surface area (Å²) in [6.07, 6.45) is 16.4. The van der Waals surface area contributed by atoms with Gasteiger partial charge in [-0.3, -0.25) is 4.90 Å². The lowest BCUT2D eigenvalue weighted by atomic mass is 10.0. The second-order valence-corrected chi connectivity index (χ2v) is 6.74. The van der Waals surface area contributed by atoms with Crippen molar-refractivity contribution in [2.45, 2.75) is 117 Å². The van der Waals surface area contributed by atoms with E-state index in [1.807, 2.05) is 0 Å². The van der Waals surface area contributed by atoms with E-state index >= 15 is 0 Å². The van der Waals surface area contributed by atoms with Crippen molar-refractivity contribution in [3.63, 3.8) is 0 Å². The molecule has 0 radical (unpaired) electrons. The van der Waals surface area contributed by atoms with Crippen LogP contribution in [0.2, 0.25) is 0 Å². The van der Waals surface area contributed by atoms with Gasteiger partial charge in [-0.15, -0.1) is 0 Å². The maximum Gasteiger partial charge on any atom is 0.106 e. The topological polar surface area (TPSA) is 43.7 Å². The lowest BCUT2D eigenvalue weighted by Gasteiger charge is -2.27. The Morgan fingerprint density at radius 3 is 1.23 bits per heavy atom. The molecule has 0 amide bonds. The minimum atomic E-state index is -0.558. The Hall–Kier alpha value is -0.120. The smallest absolute Gasteiger partial charge is 0.106 e. The number of nitrogens with zero attached hydrogens (tertiary/aromatic N) is 1. The van der Waals surface area contributed by atoms with Gasteiger partial charge in [0.15, 0.2) is 0 Å². The number of aliphatic hydroxyl groups excluding tert-OH is 2. The van der Waals surface area contributed by atoms with Gasteiger partial charge in [-0.25, -0.2) is 0 Å². The van der Waals surface area contributed by atoms with Crippen LogP contribution in [0.1, 0.15) is 104 Å². The molecule has 22 heavy (non-hydrogen) atoms. The van der Waals surface area contributed by atoms with Crippen molar-refractivity contribution in [2.75, 3.05) is 6.54 Å². The van der Waals surface area contributed by atoms with E-state index in [4.69, 9.17) is 0 Å². The zero-order chi connectivity index (χ0) is 16.6. The molecule has 134 valence electrons. The fraction of sp³-hybridized carbons (Fsp3) is 1.00. The van der Waals surface area contributed by atoms with Crippen LogP contribution in [0.25, 0.3) is 0 Å². The third-order valence-electron chi connectivity index (χ3n) is 4.48. The van der Waals surface area contributed by atoms with Crippen molar-refractivity contribution >= 4 is 0 Å². The Morgan fingerprint density at radius 1 is 0.591 bits per heavy atom. The fourth-order valence-corrected chi connectivity index (χ4v) is 3.00. The SMILES string of the molecule is CCCCCCCCCCCCCCCN(C(C)O)C(C)O. The summed E-state index contributed by atoms with van der Waals surface area (Å²) in [4.78, 5) is 1.73. The average molecular weight is 316 g/mol. The Kier molecular flexibility index (Phi) is 15.7. The molecular weight excluding hydrogens is 274 g/mol. The molecule has 0 saturated heterocycles. The maximum atomic E-state index is 9.54. The first-order valence-corrected chi connectivity index (χ1v) is 9.71. The van der Waals surface area contributed by atoms with Crippen molar-refractivity contribution in [3.8, 4) is 0 Å². The van der Waals surface area contributed by atoms with Crippen LogP contribution in [0.3, 0.4) is 0 Å². The first-order valence-electron chi connectivity index (χ1n) is 9.71. The molecule has 0 saturated carbocycles. The number of hydrogen-bond donors (Lipinski definition) is 2. The van der Waals surface area contributed by atoms with Crippen LogP contribution in [-0.2, 0) is 0 Å². The molecule has 0 aromatic carbocycles. The van der Waals surface area contributed by atoms with Crippen LogP contribution in [0.15, 0.2) is 0 Å². The lowest BCUT2D eigenvalue weighted by Crippen LogP contribution is -2.40. The molecule has 2 unspecified atom stereocenters. The zero-order valence-electron chi connectivity index (χ0n) is 15.4. The standard InChI is InChI=1S/C19H41NO2/c1-4-5-6-7-8-9-10-11-12-13-14-15-16-17-20(18(2)21)19(3)22/h18-19,21-22H,4-17H2,1-3H3. The first-order chi connectivity index (χ1) is 10.6. The van der Waals surface area contributed by atoms with Gasteiger partial charge < -0.3 is 10.2 Å². The third-order valence-corrected chi connectivity index (χ3v) is 4.48. The normalized spacial score (nSPS) is 14.5. The second-order valence-electron chi connectivity index (χ2n) is 6.74. The van der Waals surface area contributed by atoms with Gasteiger partial charge in [0.25, 0.3) is 0 Å². The summed E-state index contributed by atoms with van der Waals surface area (Å²) in [7, 11) is 0. The molecule has 2 N–H and O–H groups in total. The molecule has 3 heteroatoms. The third kappa shape index (κ3) is 13.5. The van der Waals surface area contributed by atoms with Crippen molar-refractivity contribution in [3.05, 3.63) is 0 Å². The van der Waals surface area contributed by atoms with Crippen LogP contribution < -0.4 is 0 Å². The zero-order valence-corrected chi connectivity index (χ0v) is 15.4. The highest BCUT2D eigenvalue weighted by atomic mass is 16.3. The van der Waals surface area contributed by atoms with Gasteiger partial charge >= 0.3 is 0 Å². The van der Waals surface area contributed by atoms with E-state index in [1.165, 1.54) is 77.0 Å². The van der Waals surface area contributed by atoms with Crippen molar-refractivity contribution in [1.82, 2.24) is 4.90 Å². The lowest BCUT2D eigenvalue weighted by molar-refractivity contribution is -0.0844. The molecule has 0 aliphatic rings. The summed E-state index contributed by atoms with van der Waals surface area (Å²) in [5, 5.41) is 19.1. The number of rotatable bonds is 16. The molecule has 0 aliphatic carbocycles. The summed E-state index contributed by atoms with van der Waals surface area (Å²) >= 11 is 0. The van der Waals surface area contributed by atoms with E-state index in [0.717, 1.165) is 13.0 Å². The summed E-state index contributed by atoms with van der Waals surface area (Å²) in [6, 6.07) is 0. The van der Waals surface area contributed by atoms with Crippen LogP contribution in [0.4, 0.5) is 0 Å². The van der Waals surface area contributed by atoms with Crippen LogP contribution in [0.5, 0.6) is 0 Å². The highest BCUT2D eigenvalue weighted by molar-refractivity contribution is 4.59. The van der Waals surface area contributed by atoms with Gasteiger partial charge in [-0.1, -0.05) is 84.0 Å². The number of hydrogen-bond acceptors (Lipinski definition) is 3. The van der Waals surface area contributed by atoms with Gasteiger partial charge in [0.05, 0.1) is 0 Å². The molecule has 0 aromatic rings. The molecule has 0 aromatic heterocycles. The molecular formula is C19H41NO2. The molecule has 0 fully saturated rings. The van der Waals surface area contributed by atoms with Gasteiger partial charge in [0, 0.05) is 6.54 Å².